The second-order valence-electron chi connectivity index (χ2n) is 8.42. The summed E-state index contributed by atoms with van der Waals surface area (Å²) in [7, 11) is 0. The van der Waals surface area contributed by atoms with E-state index < -0.39 is 0 Å². The molecule has 3 nitrogen and oxygen atoms in total. The van der Waals surface area contributed by atoms with Crippen molar-refractivity contribution in [3.05, 3.63) is 78.7 Å². The first-order valence-corrected chi connectivity index (χ1v) is 13.0. The molecule has 0 aliphatic rings. The highest BCUT2D eigenvalue weighted by Crippen LogP contribution is 2.09. The van der Waals surface area contributed by atoms with E-state index in [9.17, 15) is 4.79 Å². The maximum absolute atomic E-state index is 11.8. The Labute approximate surface area is 202 Å². The molecule has 0 N–H and O–H groups in total. The fourth-order valence-electron chi connectivity index (χ4n) is 3.34. The van der Waals surface area contributed by atoms with E-state index in [-0.39, 0.29) is 5.97 Å². The van der Waals surface area contributed by atoms with Crippen molar-refractivity contribution in [2.75, 3.05) is 0 Å². The highest BCUT2D eigenvalue weighted by Gasteiger charge is 2.03. The van der Waals surface area contributed by atoms with Crippen LogP contribution in [0.25, 0.3) is 0 Å². The van der Waals surface area contributed by atoms with Crippen LogP contribution in [0.3, 0.4) is 0 Å². The molecule has 0 spiro atoms. The minimum Gasteiger partial charge on any atom is -0.461 e. The minimum absolute atomic E-state index is 0.111. The minimum atomic E-state index is -0.111. The maximum atomic E-state index is 11.8. The molecule has 0 atom stereocenters. The zero-order chi connectivity index (χ0) is 23.7. The third-order valence-corrected chi connectivity index (χ3v) is 5.33. The Morgan fingerprint density at radius 3 is 1.97 bits per heavy atom. The second kappa shape index (κ2) is 22.8. The van der Waals surface area contributed by atoms with Gasteiger partial charge in [-0.3, -0.25) is 9.78 Å². The first kappa shape index (κ1) is 28.6. The van der Waals surface area contributed by atoms with Gasteiger partial charge in [0.1, 0.15) is 6.61 Å². The molecule has 182 valence electrons. The molecule has 33 heavy (non-hydrogen) atoms. The molecule has 0 bridgehead atoms. The zero-order valence-corrected chi connectivity index (χ0v) is 20.8. The van der Waals surface area contributed by atoms with Gasteiger partial charge in [-0.1, -0.05) is 93.7 Å². The lowest BCUT2D eigenvalue weighted by molar-refractivity contribution is -0.145. The van der Waals surface area contributed by atoms with Gasteiger partial charge in [0.05, 0.1) is 0 Å². The van der Waals surface area contributed by atoms with E-state index in [1.807, 2.05) is 12.1 Å². The quantitative estimate of drug-likeness (QED) is 0.113. The third-order valence-electron chi connectivity index (χ3n) is 5.33. The Morgan fingerprint density at radius 1 is 0.788 bits per heavy atom. The van der Waals surface area contributed by atoms with Crippen LogP contribution in [-0.2, 0) is 16.1 Å². The van der Waals surface area contributed by atoms with Crippen molar-refractivity contribution in [1.29, 1.82) is 0 Å². The Kier molecular flexibility index (Phi) is 19.7. The number of aromatic nitrogens is 1. The summed E-state index contributed by atoms with van der Waals surface area (Å²) in [6.07, 6.45) is 37.1. The van der Waals surface area contributed by atoms with E-state index in [2.05, 4.69) is 60.5 Å². The van der Waals surface area contributed by atoms with Gasteiger partial charge in [0.15, 0.2) is 0 Å². The number of esters is 1. The summed E-state index contributed by atoms with van der Waals surface area (Å²) in [6, 6.07) is 3.77. The van der Waals surface area contributed by atoms with Crippen LogP contribution in [0.4, 0.5) is 0 Å². The zero-order valence-electron chi connectivity index (χ0n) is 20.8. The van der Waals surface area contributed by atoms with Gasteiger partial charge >= 0.3 is 5.97 Å². The van der Waals surface area contributed by atoms with Gasteiger partial charge in [-0.05, 0) is 57.4 Å². The summed E-state index contributed by atoms with van der Waals surface area (Å²) in [4.78, 5) is 15.8. The highest BCUT2D eigenvalue weighted by molar-refractivity contribution is 5.69. The first-order valence-electron chi connectivity index (χ1n) is 13.0. The average molecular weight is 452 g/mol. The maximum Gasteiger partial charge on any atom is 0.306 e. The van der Waals surface area contributed by atoms with E-state index in [4.69, 9.17) is 4.74 Å². The molecule has 0 aromatic carbocycles. The predicted molar refractivity (Wildman–Crippen MR) is 141 cm³/mol. The van der Waals surface area contributed by atoms with Gasteiger partial charge in [0.25, 0.3) is 0 Å². The monoisotopic (exact) mass is 451 g/mol. The molecule has 0 aliphatic heterocycles. The van der Waals surface area contributed by atoms with Crippen molar-refractivity contribution in [2.45, 2.75) is 103 Å². The fraction of sp³-hybridized carbons (Fsp3) is 0.533. The number of ether oxygens (including phenoxy) is 1. The summed E-state index contributed by atoms with van der Waals surface area (Å²) in [5.74, 6) is -0.111. The lowest BCUT2D eigenvalue weighted by Crippen LogP contribution is -2.04. The fourth-order valence-corrected chi connectivity index (χ4v) is 3.34. The average Bonchev–Trinajstić information content (AvgIpc) is 2.84. The second-order valence-corrected chi connectivity index (χ2v) is 8.42. The van der Waals surface area contributed by atoms with Gasteiger partial charge in [0, 0.05) is 24.4 Å². The molecule has 0 saturated heterocycles. The molecular formula is C30H45NO2. The molecule has 3 heteroatoms. The lowest BCUT2D eigenvalue weighted by atomic mass is 10.1. The lowest BCUT2D eigenvalue weighted by Gasteiger charge is -2.04. The molecule has 0 aliphatic carbocycles. The number of hydrogen-bond acceptors (Lipinski definition) is 3. The van der Waals surface area contributed by atoms with Gasteiger partial charge in [-0.25, -0.2) is 0 Å². The van der Waals surface area contributed by atoms with Crippen LogP contribution in [0.5, 0.6) is 0 Å². The van der Waals surface area contributed by atoms with Crippen molar-refractivity contribution in [2.24, 2.45) is 0 Å². The van der Waals surface area contributed by atoms with Crippen LogP contribution in [-0.4, -0.2) is 11.0 Å². The summed E-state index contributed by atoms with van der Waals surface area (Å²) in [5.41, 5.74) is 0.933. The van der Waals surface area contributed by atoms with E-state index in [1.54, 1.807) is 12.4 Å². The smallest absolute Gasteiger partial charge is 0.306 e. The Bertz CT molecular complexity index is 689. The first-order chi connectivity index (χ1) is 16.3. The van der Waals surface area contributed by atoms with Gasteiger partial charge in [-0.2, -0.15) is 0 Å². The van der Waals surface area contributed by atoms with Crippen LogP contribution < -0.4 is 0 Å². The van der Waals surface area contributed by atoms with Gasteiger partial charge < -0.3 is 4.74 Å². The molecule has 1 aromatic heterocycles. The topological polar surface area (TPSA) is 39.2 Å². The summed E-state index contributed by atoms with van der Waals surface area (Å²) < 4.78 is 5.27. The van der Waals surface area contributed by atoms with Crippen molar-refractivity contribution < 1.29 is 9.53 Å². The molecule has 0 radical (unpaired) electrons. The molecular weight excluding hydrogens is 406 g/mol. The van der Waals surface area contributed by atoms with Gasteiger partial charge in [0.2, 0.25) is 0 Å². The Hall–Kier alpha value is -2.42. The standard InChI is InChI=1S/C30H45NO2/c1-2-3-4-5-6-7-8-9-10-11-12-13-14-15-16-17-18-19-20-21-22-25-30(32)33-28-29-24-23-26-31-27-29/h6-7,9-10,12-13,15-16,23-24,26-27H,2-5,8,11,14,17-22,25,28H2,1H3/b7-6-,10-9-,13-12-,16-15-. The van der Waals surface area contributed by atoms with E-state index in [0.29, 0.717) is 13.0 Å². The van der Waals surface area contributed by atoms with Crippen LogP contribution >= 0.6 is 0 Å². The number of nitrogens with zero attached hydrogens (tertiary/aromatic N) is 1. The molecule has 0 unspecified atom stereocenters. The third kappa shape index (κ3) is 20.0. The van der Waals surface area contributed by atoms with E-state index >= 15 is 0 Å². The van der Waals surface area contributed by atoms with Crippen molar-refractivity contribution in [3.63, 3.8) is 0 Å². The van der Waals surface area contributed by atoms with E-state index in [1.165, 1.54) is 44.9 Å². The molecule has 0 saturated carbocycles. The number of allylic oxidation sites excluding steroid dienone is 8. The summed E-state index contributed by atoms with van der Waals surface area (Å²) >= 11 is 0. The van der Waals surface area contributed by atoms with Crippen LogP contribution in [0.15, 0.2) is 73.1 Å². The number of carbonyl (C=O) groups excluding carboxylic acids is 1. The SMILES string of the molecule is CCCCC/C=C\C/C=C\C/C=C\C/C=C\CCCCCCCC(=O)OCc1cccnc1. The summed E-state index contributed by atoms with van der Waals surface area (Å²) in [6.45, 7) is 2.57. The number of unbranched alkanes of at least 4 members (excludes halogenated alkanes) is 8. The van der Waals surface area contributed by atoms with Crippen LogP contribution in [0, 0.1) is 0 Å². The molecule has 0 fully saturated rings. The molecule has 1 heterocycles. The van der Waals surface area contributed by atoms with Crippen LogP contribution in [0.1, 0.15) is 102 Å². The largest absolute Gasteiger partial charge is 0.461 e. The number of carbonyl (C=O) groups is 1. The van der Waals surface area contributed by atoms with Crippen molar-refractivity contribution >= 4 is 5.97 Å². The van der Waals surface area contributed by atoms with Crippen molar-refractivity contribution in [3.8, 4) is 0 Å². The number of hydrogen-bond donors (Lipinski definition) is 0. The number of rotatable bonds is 20. The summed E-state index contributed by atoms with van der Waals surface area (Å²) in [5, 5.41) is 0. The van der Waals surface area contributed by atoms with E-state index in [0.717, 1.165) is 44.1 Å². The number of pyridine rings is 1. The Morgan fingerprint density at radius 2 is 1.36 bits per heavy atom. The predicted octanol–water partition coefficient (Wildman–Crippen LogP) is 8.83. The normalized spacial score (nSPS) is 12.0. The van der Waals surface area contributed by atoms with Crippen molar-refractivity contribution in [1.82, 2.24) is 4.98 Å². The molecule has 1 aromatic rings. The highest BCUT2D eigenvalue weighted by atomic mass is 16.5. The Balaban J connectivity index is 1.85. The van der Waals surface area contributed by atoms with Gasteiger partial charge in [-0.15, -0.1) is 0 Å². The van der Waals surface area contributed by atoms with Crippen LogP contribution in [0.2, 0.25) is 0 Å². The molecule has 1 rings (SSSR count). The molecule has 0 amide bonds.